The van der Waals surface area contributed by atoms with Gasteiger partial charge in [0.1, 0.15) is 5.54 Å². The Kier molecular flexibility index (Phi) is 3.81. The van der Waals surface area contributed by atoms with Gasteiger partial charge >= 0.3 is 5.97 Å². The van der Waals surface area contributed by atoms with Gasteiger partial charge in [0.2, 0.25) is 0 Å². The zero-order valence-electron chi connectivity index (χ0n) is 9.13. The molecule has 0 bridgehead atoms. The fraction of sp³-hybridized carbons (Fsp3) is 0.250. The van der Waals surface area contributed by atoms with E-state index in [1.807, 2.05) is 0 Å². The molecule has 90 valence electrons. The highest BCUT2D eigenvalue weighted by Crippen LogP contribution is 2.22. The minimum Gasteiger partial charge on any atom is -0.480 e. The van der Waals surface area contributed by atoms with Gasteiger partial charge in [0, 0.05) is 0 Å². The topological polar surface area (TPSA) is 49.3 Å². The largest absolute Gasteiger partial charge is 0.480 e. The molecule has 0 aliphatic rings. The summed E-state index contributed by atoms with van der Waals surface area (Å²) in [5.74, 6) is -1.12. The van der Waals surface area contributed by atoms with E-state index in [4.69, 9.17) is 11.5 Å². The van der Waals surface area contributed by atoms with Gasteiger partial charge in [0.05, 0.1) is 6.54 Å². The van der Waals surface area contributed by atoms with E-state index >= 15 is 0 Å². The highest BCUT2D eigenvalue weighted by Gasteiger charge is 2.35. The third-order valence-corrected chi connectivity index (χ3v) is 2.47. The molecule has 5 heteroatoms. The number of carboxylic acid groups (broad SMARTS) is 1. The van der Waals surface area contributed by atoms with Crippen LogP contribution in [0.25, 0.3) is 0 Å². The summed E-state index contributed by atoms with van der Waals surface area (Å²) in [5.41, 5.74) is -1.46. The monoisotopic (exact) mass is 239 g/mol. The first-order valence-corrected chi connectivity index (χ1v) is 4.79. The van der Waals surface area contributed by atoms with E-state index in [1.165, 1.54) is 13.0 Å². The zero-order valence-corrected chi connectivity index (χ0v) is 9.13. The minimum absolute atomic E-state index is 0.00178. The van der Waals surface area contributed by atoms with Gasteiger partial charge in [-0.15, -0.1) is 6.42 Å². The van der Waals surface area contributed by atoms with Crippen LogP contribution in [-0.4, -0.2) is 17.6 Å². The number of hydrogen-bond donors (Lipinski definition) is 2. The first-order chi connectivity index (χ1) is 7.91. The second-order valence-electron chi connectivity index (χ2n) is 3.62. The molecule has 3 nitrogen and oxygen atoms in total. The standard InChI is InChI=1S/C12H11F2NO2/c1-3-6-15-12(2,11(16)17)8-4-5-9(13)10(14)7-8/h1,4-5,7,15H,6H2,2H3,(H,16,17). The third kappa shape index (κ3) is 2.60. The number of aliphatic carboxylic acids is 1. The molecule has 1 aromatic rings. The first kappa shape index (κ1) is 13.1. The Morgan fingerprint density at radius 2 is 2.18 bits per heavy atom. The summed E-state index contributed by atoms with van der Waals surface area (Å²) in [5, 5.41) is 11.7. The summed E-state index contributed by atoms with van der Waals surface area (Å²) >= 11 is 0. The van der Waals surface area contributed by atoms with E-state index < -0.39 is 23.1 Å². The zero-order chi connectivity index (χ0) is 13.1. The van der Waals surface area contributed by atoms with Crippen LogP contribution in [0.3, 0.4) is 0 Å². The van der Waals surface area contributed by atoms with Crippen molar-refractivity contribution in [2.45, 2.75) is 12.5 Å². The third-order valence-electron chi connectivity index (χ3n) is 2.47. The summed E-state index contributed by atoms with van der Waals surface area (Å²) in [6.45, 7) is 1.33. The molecular formula is C12H11F2NO2. The fourth-order valence-electron chi connectivity index (χ4n) is 1.34. The number of terminal acetylenes is 1. The number of nitrogens with one attached hydrogen (secondary N) is 1. The molecule has 0 aliphatic heterocycles. The van der Waals surface area contributed by atoms with Crippen LogP contribution >= 0.6 is 0 Å². The maximum Gasteiger partial charge on any atom is 0.328 e. The van der Waals surface area contributed by atoms with Gasteiger partial charge < -0.3 is 5.11 Å². The van der Waals surface area contributed by atoms with Crippen molar-refractivity contribution < 1.29 is 18.7 Å². The maximum atomic E-state index is 13.1. The molecule has 0 fully saturated rings. The van der Waals surface area contributed by atoms with Crippen molar-refractivity contribution in [2.24, 2.45) is 0 Å². The lowest BCUT2D eigenvalue weighted by Gasteiger charge is -2.26. The fourth-order valence-corrected chi connectivity index (χ4v) is 1.34. The molecule has 1 atom stereocenters. The van der Waals surface area contributed by atoms with Crippen molar-refractivity contribution in [3.05, 3.63) is 35.4 Å². The summed E-state index contributed by atoms with van der Waals surface area (Å²) in [7, 11) is 0. The molecule has 0 aliphatic carbocycles. The molecule has 17 heavy (non-hydrogen) atoms. The van der Waals surface area contributed by atoms with Crippen molar-refractivity contribution in [2.75, 3.05) is 6.54 Å². The quantitative estimate of drug-likeness (QED) is 0.782. The maximum absolute atomic E-state index is 13.1. The molecule has 0 amide bonds. The van der Waals surface area contributed by atoms with Gasteiger partial charge in [-0.2, -0.15) is 0 Å². The lowest BCUT2D eigenvalue weighted by atomic mass is 9.92. The molecular weight excluding hydrogens is 228 g/mol. The van der Waals surface area contributed by atoms with Crippen LogP contribution < -0.4 is 5.32 Å². The molecule has 0 radical (unpaired) electrons. The van der Waals surface area contributed by atoms with Gasteiger partial charge in [-0.25, -0.2) is 13.6 Å². The molecule has 0 heterocycles. The summed E-state index contributed by atoms with van der Waals surface area (Å²) in [4.78, 5) is 11.2. The molecule has 0 spiro atoms. The minimum atomic E-state index is -1.55. The lowest BCUT2D eigenvalue weighted by Crippen LogP contribution is -2.46. The van der Waals surface area contributed by atoms with E-state index in [0.29, 0.717) is 0 Å². The lowest BCUT2D eigenvalue weighted by molar-refractivity contribution is -0.144. The molecule has 0 saturated heterocycles. The number of carbonyl (C=O) groups is 1. The van der Waals surface area contributed by atoms with Crippen LogP contribution in [0.5, 0.6) is 0 Å². The predicted octanol–water partition coefficient (Wildman–Crippen LogP) is 1.49. The molecule has 2 N–H and O–H groups in total. The molecule has 1 aromatic carbocycles. The Hall–Kier alpha value is -1.93. The van der Waals surface area contributed by atoms with E-state index in [0.717, 1.165) is 12.1 Å². The number of benzene rings is 1. The Balaban J connectivity index is 3.18. The second kappa shape index (κ2) is 4.93. The average molecular weight is 239 g/mol. The van der Waals surface area contributed by atoms with Crippen molar-refractivity contribution in [1.29, 1.82) is 0 Å². The second-order valence-corrected chi connectivity index (χ2v) is 3.62. The van der Waals surface area contributed by atoms with E-state index in [9.17, 15) is 13.6 Å². The van der Waals surface area contributed by atoms with Crippen LogP contribution in [0.4, 0.5) is 8.78 Å². The Morgan fingerprint density at radius 1 is 1.53 bits per heavy atom. The van der Waals surface area contributed by atoms with Crippen LogP contribution in [0.15, 0.2) is 18.2 Å². The van der Waals surface area contributed by atoms with Crippen molar-refractivity contribution in [1.82, 2.24) is 5.32 Å². The number of hydrogen-bond acceptors (Lipinski definition) is 2. The predicted molar refractivity (Wildman–Crippen MR) is 58.2 cm³/mol. The number of rotatable bonds is 4. The summed E-state index contributed by atoms with van der Waals surface area (Å²) in [6, 6.07) is 2.92. The van der Waals surface area contributed by atoms with Gasteiger partial charge in [-0.3, -0.25) is 5.32 Å². The Labute approximate surface area is 97.5 Å². The Morgan fingerprint density at radius 3 is 2.65 bits per heavy atom. The van der Waals surface area contributed by atoms with Crippen LogP contribution in [0, 0.1) is 24.0 Å². The van der Waals surface area contributed by atoms with E-state index in [2.05, 4.69) is 11.2 Å². The SMILES string of the molecule is C#CCNC(C)(C(=O)O)c1ccc(F)c(F)c1. The van der Waals surface area contributed by atoms with Gasteiger partial charge in [0.15, 0.2) is 11.6 Å². The summed E-state index contributed by atoms with van der Waals surface area (Å²) < 4.78 is 25.8. The summed E-state index contributed by atoms with van der Waals surface area (Å²) in [6.07, 6.45) is 5.03. The van der Waals surface area contributed by atoms with Crippen LogP contribution in [0.2, 0.25) is 0 Å². The van der Waals surface area contributed by atoms with Gasteiger partial charge in [0.25, 0.3) is 0 Å². The van der Waals surface area contributed by atoms with Crippen LogP contribution in [-0.2, 0) is 10.3 Å². The molecule has 1 rings (SSSR count). The van der Waals surface area contributed by atoms with Crippen molar-refractivity contribution >= 4 is 5.97 Å². The molecule has 0 saturated carbocycles. The van der Waals surface area contributed by atoms with Gasteiger partial charge in [-0.05, 0) is 24.6 Å². The molecule has 1 unspecified atom stereocenters. The Bertz CT molecular complexity index is 482. The first-order valence-electron chi connectivity index (χ1n) is 4.79. The average Bonchev–Trinajstić information content (AvgIpc) is 2.29. The van der Waals surface area contributed by atoms with E-state index in [1.54, 1.807) is 0 Å². The van der Waals surface area contributed by atoms with Crippen molar-refractivity contribution in [3.8, 4) is 12.3 Å². The highest BCUT2D eigenvalue weighted by atomic mass is 19.2. The normalized spacial score (nSPS) is 13.8. The van der Waals surface area contributed by atoms with Gasteiger partial charge in [-0.1, -0.05) is 12.0 Å². The number of carboxylic acids is 1. The molecule has 0 aromatic heterocycles. The smallest absolute Gasteiger partial charge is 0.328 e. The van der Waals surface area contributed by atoms with Crippen LogP contribution in [0.1, 0.15) is 12.5 Å². The van der Waals surface area contributed by atoms with E-state index in [-0.39, 0.29) is 12.1 Å². The number of halogens is 2. The highest BCUT2D eigenvalue weighted by molar-refractivity contribution is 5.80. The van der Waals surface area contributed by atoms with Crippen molar-refractivity contribution in [3.63, 3.8) is 0 Å².